The zero-order valence-corrected chi connectivity index (χ0v) is 17.4. The van der Waals surface area contributed by atoms with Crippen molar-refractivity contribution in [2.24, 2.45) is 7.05 Å². The standard InChI is InChI=1S/C18H22F6N4S/c1-9(2)11-6-28(26-14(11)17(19,20)21)8-16(4,12-7-29-12)13-10(3)27(5)25-15(13)18(22,23)24/h6,9,12H,7-8H2,1-5H3. The van der Waals surface area contributed by atoms with Crippen LogP contribution in [0.2, 0.25) is 0 Å². The van der Waals surface area contributed by atoms with Crippen molar-refractivity contribution in [3.05, 3.63) is 34.4 Å². The second-order valence-corrected chi connectivity index (χ2v) is 9.19. The molecule has 2 unspecified atom stereocenters. The third kappa shape index (κ3) is 4.02. The van der Waals surface area contributed by atoms with Crippen molar-refractivity contribution < 1.29 is 26.3 Å². The van der Waals surface area contributed by atoms with Crippen LogP contribution < -0.4 is 0 Å². The molecule has 2 aromatic rings. The van der Waals surface area contributed by atoms with E-state index in [1.807, 2.05) is 0 Å². The highest BCUT2D eigenvalue weighted by Gasteiger charge is 2.52. The average molecular weight is 440 g/mol. The van der Waals surface area contributed by atoms with E-state index >= 15 is 0 Å². The quantitative estimate of drug-likeness (QED) is 0.476. The predicted octanol–water partition coefficient (Wildman–Crippen LogP) is 5.16. The Labute approximate surface area is 168 Å². The predicted molar refractivity (Wildman–Crippen MR) is 97.9 cm³/mol. The topological polar surface area (TPSA) is 35.6 Å². The second-order valence-electron chi connectivity index (χ2n) is 7.95. The summed E-state index contributed by atoms with van der Waals surface area (Å²) >= 11 is 1.48. The molecule has 2 aromatic heterocycles. The number of alkyl halides is 6. The van der Waals surface area contributed by atoms with Gasteiger partial charge in [-0.1, -0.05) is 20.8 Å². The molecule has 1 fully saturated rings. The van der Waals surface area contributed by atoms with Crippen LogP contribution in [0.4, 0.5) is 26.3 Å². The number of thioether (sulfide) groups is 1. The van der Waals surface area contributed by atoms with Crippen LogP contribution in [0, 0.1) is 6.92 Å². The summed E-state index contributed by atoms with van der Waals surface area (Å²) in [6, 6.07) is 0. The molecule has 162 valence electrons. The zero-order valence-electron chi connectivity index (χ0n) is 16.6. The number of aromatic nitrogens is 4. The minimum atomic E-state index is -4.66. The van der Waals surface area contributed by atoms with Crippen molar-refractivity contribution in [3.8, 4) is 0 Å². The molecule has 0 saturated carbocycles. The zero-order chi connectivity index (χ0) is 21.9. The summed E-state index contributed by atoms with van der Waals surface area (Å²) in [5.41, 5.74) is -2.65. The Morgan fingerprint density at radius 2 is 1.66 bits per heavy atom. The number of hydrogen-bond acceptors (Lipinski definition) is 3. The third-order valence-electron chi connectivity index (χ3n) is 5.39. The molecule has 0 aliphatic carbocycles. The minimum absolute atomic E-state index is 0.0256. The van der Waals surface area contributed by atoms with Gasteiger partial charge in [-0.15, -0.1) is 0 Å². The van der Waals surface area contributed by atoms with Gasteiger partial charge in [0.2, 0.25) is 0 Å². The molecule has 1 aliphatic rings. The molecule has 0 amide bonds. The monoisotopic (exact) mass is 440 g/mol. The summed E-state index contributed by atoms with van der Waals surface area (Å²) in [6.07, 6.45) is -7.98. The average Bonchev–Trinajstić information content (AvgIpc) is 3.25. The van der Waals surface area contributed by atoms with Crippen molar-refractivity contribution in [3.63, 3.8) is 0 Å². The lowest BCUT2D eigenvalue weighted by Gasteiger charge is -2.30. The third-order valence-corrected chi connectivity index (χ3v) is 6.58. The van der Waals surface area contributed by atoms with E-state index in [-0.39, 0.29) is 22.9 Å². The van der Waals surface area contributed by atoms with E-state index in [4.69, 9.17) is 0 Å². The Morgan fingerprint density at radius 1 is 1.10 bits per heavy atom. The maximum absolute atomic E-state index is 13.7. The first-order valence-corrected chi connectivity index (χ1v) is 10.1. The number of nitrogens with zero attached hydrogens (tertiary/aromatic N) is 4. The van der Waals surface area contributed by atoms with Crippen molar-refractivity contribution in [1.82, 2.24) is 19.6 Å². The van der Waals surface area contributed by atoms with Crippen LogP contribution in [0.1, 0.15) is 54.9 Å². The van der Waals surface area contributed by atoms with E-state index in [0.717, 1.165) is 4.68 Å². The Kier molecular flexibility index (Phi) is 5.29. The lowest BCUT2D eigenvalue weighted by Crippen LogP contribution is -2.36. The van der Waals surface area contributed by atoms with Crippen molar-refractivity contribution in [2.75, 3.05) is 5.75 Å². The Bertz CT molecular complexity index is 907. The van der Waals surface area contributed by atoms with E-state index in [1.165, 1.54) is 29.7 Å². The van der Waals surface area contributed by atoms with Gasteiger partial charge >= 0.3 is 12.4 Å². The highest BCUT2D eigenvalue weighted by Crippen LogP contribution is 2.51. The summed E-state index contributed by atoms with van der Waals surface area (Å²) in [4.78, 5) is 0. The maximum atomic E-state index is 13.7. The molecule has 1 saturated heterocycles. The van der Waals surface area contributed by atoms with Gasteiger partial charge in [0.1, 0.15) is 0 Å². The molecular weight excluding hydrogens is 418 g/mol. The first-order chi connectivity index (χ1) is 13.2. The summed E-state index contributed by atoms with van der Waals surface area (Å²) < 4.78 is 83.5. The lowest BCUT2D eigenvalue weighted by atomic mass is 9.78. The summed E-state index contributed by atoms with van der Waals surface area (Å²) in [7, 11) is 1.43. The van der Waals surface area contributed by atoms with Crippen LogP contribution in [0.15, 0.2) is 6.20 Å². The largest absolute Gasteiger partial charge is 0.435 e. The Hall–Kier alpha value is -1.65. The van der Waals surface area contributed by atoms with Crippen molar-refractivity contribution in [1.29, 1.82) is 0 Å². The maximum Gasteiger partial charge on any atom is 0.435 e. The van der Waals surface area contributed by atoms with Gasteiger partial charge in [0.25, 0.3) is 0 Å². The number of halogens is 6. The highest BCUT2D eigenvalue weighted by molar-refractivity contribution is 8.07. The van der Waals surface area contributed by atoms with E-state index in [9.17, 15) is 26.3 Å². The van der Waals surface area contributed by atoms with E-state index in [0.29, 0.717) is 11.4 Å². The van der Waals surface area contributed by atoms with Gasteiger partial charge in [-0.25, -0.2) is 0 Å². The highest BCUT2D eigenvalue weighted by atomic mass is 32.2. The van der Waals surface area contributed by atoms with Crippen LogP contribution in [0.3, 0.4) is 0 Å². The van der Waals surface area contributed by atoms with Crippen LogP contribution in [0.5, 0.6) is 0 Å². The van der Waals surface area contributed by atoms with Gasteiger partial charge in [-0.3, -0.25) is 9.36 Å². The first kappa shape index (κ1) is 22.0. The number of rotatable bonds is 5. The van der Waals surface area contributed by atoms with Gasteiger partial charge in [0, 0.05) is 46.5 Å². The summed E-state index contributed by atoms with van der Waals surface area (Å²) in [5, 5.41) is 7.23. The molecule has 1 aliphatic heterocycles. The molecule has 11 heteroatoms. The fourth-order valence-electron chi connectivity index (χ4n) is 3.75. The number of aryl methyl sites for hydroxylation is 1. The molecular formula is C18H22F6N4S. The smallest absolute Gasteiger partial charge is 0.272 e. The number of hydrogen-bond donors (Lipinski definition) is 0. The normalized spacial score (nSPS) is 19.7. The lowest BCUT2D eigenvalue weighted by molar-refractivity contribution is -0.142. The molecule has 29 heavy (non-hydrogen) atoms. The van der Waals surface area contributed by atoms with Crippen LogP contribution in [-0.2, 0) is 31.4 Å². The van der Waals surface area contributed by atoms with Crippen LogP contribution >= 0.6 is 11.8 Å². The van der Waals surface area contributed by atoms with E-state index in [1.54, 1.807) is 27.7 Å². The minimum Gasteiger partial charge on any atom is -0.272 e. The molecule has 3 heterocycles. The molecule has 0 bridgehead atoms. The molecule has 0 aromatic carbocycles. The Balaban J connectivity index is 2.12. The molecule has 4 nitrogen and oxygen atoms in total. The molecule has 0 N–H and O–H groups in total. The van der Waals surface area contributed by atoms with Gasteiger partial charge in [0.05, 0.1) is 6.54 Å². The summed E-state index contributed by atoms with van der Waals surface area (Å²) in [6.45, 7) is 6.35. The van der Waals surface area contributed by atoms with Gasteiger partial charge in [-0.2, -0.15) is 48.3 Å². The molecule has 3 rings (SSSR count). The molecule has 0 radical (unpaired) electrons. The van der Waals surface area contributed by atoms with Crippen molar-refractivity contribution in [2.45, 2.75) is 63.2 Å². The van der Waals surface area contributed by atoms with Gasteiger partial charge in [0.15, 0.2) is 11.4 Å². The summed E-state index contributed by atoms with van der Waals surface area (Å²) in [5.74, 6) is 0.208. The van der Waals surface area contributed by atoms with Gasteiger partial charge < -0.3 is 0 Å². The first-order valence-electron chi connectivity index (χ1n) is 9.03. The van der Waals surface area contributed by atoms with Crippen LogP contribution in [-0.4, -0.2) is 30.6 Å². The Morgan fingerprint density at radius 3 is 2.07 bits per heavy atom. The van der Waals surface area contributed by atoms with E-state index in [2.05, 4.69) is 10.2 Å². The van der Waals surface area contributed by atoms with Gasteiger partial charge in [-0.05, 0) is 12.8 Å². The SMILES string of the molecule is Cc1c(C(C)(Cn2cc(C(C)C)c(C(F)(F)F)n2)C2CS2)c(C(F)(F)F)nn1C. The van der Waals surface area contributed by atoms with Crippen LogP contribution in [0.25, 0.3) is 0 Å². The second kappa shape index (κ2) is 6.95. The fraction of sp³-hybridized carbons (Fsp3) is 0.667. The van der Waals surface area contributed by atoms with E-state index < -0.39 is 35.1 Å². The van der Waals surface area contributed by atoms with Crippen molar-refractivity contribution >= 4 is 11.8 Å². The molecule has 2 atom stereocenters. The molecule has 0 spiro atoms. The fourth-order valence-corrected chi connectivity index (χ4v) is 4.77.